The van der Waals surface area contributed by atoms with Gasteiger partial charge >= 0.3 is 0 Å². The molecule has 0 amide bonds. The fourth-order valence-electron chi connectivity index (χ4n) is 2.40. The number of anilines is 1. The molecule has 0 unspecified atom stereocenters. The van der Waals surface area contributed by atoms with Crippen LogP contribution in [-0.4, -0.2) is 19.3 Å². The van der Waals surface area contributed by atoms with Gasteiger partial charge in [0.05, 0.1) is 6.20 Å². The van der Waals surface area contributed by atoms with Gasteiger partial charge in [0, 0.05) is 31.3 Å². The van der Waals surface area contributed by atoms with Crippen LogP contribution in [0.25, 0.3) is 11.3 Å². The quantitative estimate of drug-likeness (QED) is 0.881. The molecule has 2 heterocycles. The number of aryl methyl sites for hydroxylation is 2. The number of aromatic nitrogens is 4. The lowest BCUT2D eigenvalue weighted by Crippen LogP contribution is -2.10. The molecule has 2 aromatic heterocycles. The molecule has 0 atom stereocenters. The standard InChI is InChI=1S/C15H25N5/c1-5-7-19-10-12(8-17-19)14-15(16)20(9-11(3)4)13(6-2)18-14/h8,10-11H,5-7,9,16H2,1-4H3. The van der Waals surface area contributed by atoms with Crippen molar-refractivity contribution in [1.82, 2.24) is 19.3 Å². The molecule has 0 saturated heterocycles. The van der Waals surface area contributed by atoms with Crippen molar-refractivity contribution in [2.75, 3.05) is 5.73 Å². The van der Waals surface area contributed by atoms with Crippen molar-refractivity contribution in [3.05, 3.63) is 18.2 Å². The average molecular weight is 275 g/mol. The Morgan fingerprint density at radius 3 is 2.65 bits per heavy atom. The molecule has 5 nitrogen and oxygen atoms in total. The molecule has 2 aromatic rings. The van der Waals surface area contributed by atoms with Crippen LogP contribution in [0, 0.1) is 5.92 Å². The van der Waals surface area contributed by atoms with Crippen LogP contribution in [-0.2, 0) is 19.5 Å². The van der Waals surface area contributed by atoms with E-state index in [0.29, 0.717) is 5.92 Å². The second-order valence-corrected chi connectivity index (χ2v) is 5.61. The second-order valence-electron chi connectivity index (χ2n) is 5.61. The molecule has 0 saturated carbocycles. The van der Waals surface area contributed by atoms with Crippen LogP contribution in [0.4, 0.5) is 5.82 Å². The Morgan fingerprint density at radius 1 is 1.30 bits per heavy atom. The number of hydrogen-bond donors (Lipinski definition) is 1. The van der Waals surface area contributed by atoms with Crippen molar-refractivity contribution in [3.8, 4) is 11.3 Å². The third kappa shape index (κ3) is 2.86. The van der Waals surface area contributed by atoms with Crippen molar-refractivity contribution < 1.29 is 0 Å². The van der Waals surface area contributed by atoms with E-state index in [9.17, 15) is 0 Å². The summed E-state index contributed by atoms with van der Waals surface area (Å²) < 4.78 is 4.08. The third-order valence-electron chi connectivity index (χ3n) is 3.31. The molecule has 0 aliphatic rings. The summed E-state index contributed by atoms with van der Waals surface area (Å²) in [5.41, 5.74) is 8.18. The lowest BCUT2D eigenvalue weighted by molar-refractivity contribution is 0.513. The van der Waals surface area contributed by atoms with Gasteiger partial charge in [-0.1, -0.05) is 27.7 Å². The number of nitrogens with two attached hydrogens (primary N) is 1. The van der Waals surface area contributed by atoms with Gasteiger partial charge in [0.25, 0.3) is 0 Å². The molecule has 110 valence electrons. The van der Waals surface area contributed by atoms with E-state index in [-0.39, 0.29) is 0 Å². The lowest BCUT2D eigenvalue weighted by Gasteiger charge is -2.11. The van der Waals surface area contributed by atoms with Crippen LogP contribution in [0.3, 0.4) is 0 Å². The maximum atomic E-state index is 6.31. The monoisotopic (exact) mass is 275 g/mol. The van der Waals surface area contributed by atoms with E-state index in [0.717, 1.165) is 48.8 Å². The third-order valence-corrected chi connectivity index (χ3v) is 3.31. The van der Waals surface area contributed by atoms with Gasteiger partial charge in [-0.25, -0.2) is 4.98 Å². The van der Waals surface area contributed by atoms with Crippen molar-refractivity contribution >= 4 is 5.82 Å². The van der Waals surface area contributed by atoms with Crippen LogP contribution < -0.4 is 5.73 Å². The Bertz CT molecular complexity index is 565. The minimum atomic E-state index is 0.549. The zero-order valence-electron chi connectivity index (χ0n) is 12.9. The van der Waals surface area contributed by atoms with E-state index in [2.05, 4.69) is 37.4 Å². The van der Waals surface area contributed by atoms with Crippen LogP contribution >= 0.6 is 0 Å². The molecule has 20 heavy (non-hydrogen) atoms. The van der Waals surface area contributed by atoms with Crippen LogP contribution in [0.2, 0.25) is 0 Å². The summed E-state index contributed by atoms with van der Waals surface area (Å²) in [4.78, 5) is 4.71. The number of rotatable bonds is 6. The topological polar surface area (TPSA) is 61.7 Å². The Kier molecular flexibility index (Phi) is 4.47. The molecular formula is C15H25N5. The predicted molar refractivity (Wildman–Crippen MR) is 82.4 cm³/mol. The number of nitrogens with zero attached hydrogens (tertiary/aromatic N) is 4. The SMILES string of the molecule is CCCn1cc(-c2nc(CC)n(CC(C)C)c2N)cn1. The highest BCUT2D eigenvalue weighted by Gasteiger charge is 2.17. The molecule has 5 heteroatoms. The highest BCUT2D eigenvalue weighted by molar-refractivity contribution is 5.70. The molecule has 2 N–H and O–H groups in total. The van der Waals surface area contributed by atoms with Crippen molar-refractivity contribution in [2.24, 2.45) is 5.92 Å². The molecule has 0 spiro atoms. The molecule has 0 aromatic carbocycles. The van der Waals surface area contributed by atoms with E-state index >= 15 is 0 Å². The smallest absolute Gasteiger partial charge is 0.131 e. The van der Waals surface area contributed by atoms with Crippen LogP contribution in [0.5, 0.6) is 0 Å². The fourth-order valence-corrected chi connectivity index (χ4v) is 2.40. The fraction of sp³-hybridized carbons (Fsp3) is 0.600. The van der Waals surface area contributed by atoms with Gasteiger partial charge in [0.1, 0.15) is 17.3 Å². The van der Waals surface area contributed by atoms with Crippen LogP contribution in [0.15, 0.2) is 12.4 Å². The van der Waals surface area contributed by atoms with Gasteiger partial charge in [-0.3, -0.25) is 4.68 Å². The molecule has 0 fully saturated rings. The summed E-state index contributed by atoms with van der Waals surface area (Å²) in [6, 6.07) is 0. The Labute approximate surface area is 120 Å². The van der Waals surface area contributed by atoms with E-state index < -0.39 is 0 Å². The summed E-state index contributed by atoms with van der Waals surface area (Å²) in [6.45, 7) is 10.5. The number of hydrogen-bond acceptors (Lipinski definition) is 3. The van der Waals surface area contributed by atoms with Gasteiger partial charge < -0.3 is 10.3 Å². The molecule has 0 radical (unpaired) electrons. The van der Waals surface area contributed by atoms with Gasteiger partial charge in [0.15, 0.2) is 0 Å². The molecule has 0 aliphatic heterocycles. The zero-order valence-corrected chi connectivity index (χ0v) is 12.9. The van der Waals surface area contributed by atoms with E-state index in [1.165, 1.54) is 0 Å². The van der Waals surface area contributed by atoms with Gasteiger partial charge in [0.2, 0.25) is 0 Å². The first kappa shape index (κ1) is 14.6. The van der Waals surface area contributed by atoms with Gasteiger partial charge in [-0.2, -0.15) is 5.10 Å². The highest BCUT2D eigenvalue weighted by Crippen LogP contribution is 2.27. The Morgan fingerprint density at radius 2 is 2.05 bits per heavy atom. The van der Waals surface area contributed by atoms with Gasteiger partial charge in [-0.05, 0) is 12.3 Å². The molecular weight excluding hydrogens is 250 g/mol. The first-order chi connectivity index (χ1) is 9.56. The van der Waals surface area contributed by atoms with E-state index in [1.54, 1.807) is 0 Å². The Hall–Kier alpha value is -1.78. The summed E-state index contributed by atoms with van der Waals surface area (Å²) in [5.74, 6) is 2.36. The molecule has 0 bridgehead atoms. The molecule has 0 aliphatic carbocycles. The Balaban J connectivity index is 2.38. The minimum absolute atomic E-state index is 0.549. The first-order valence-corrected chi connectivity index (χ1v) is 7.44. The highest BCUT2D eigenvalue weighted by atomic mass is 15.3. The summed E-state index contributed by atoms with van der Waals surface area (Å²) >= 11 is 0. The zero-order chi connectivity index (χ0) is 14.7. The van der Waals surface area contributed by atoms with E-state index in [4.69, 9.17) is 10.7 Å². The largest absolute Gasteiger partial charge is 0.383 e. The van der Waals surface area contributed by atoms with Crippen molar-refractivity contribution in [1.29, 1.82) is 0 Å². The summed E-state index contributed by atoms with van der Waals surface area (Å²) in [7, 11) is 0. The summed E-state index contributed by atoms with van der Waals surface area (Å²) in [6.07, 6.45) is 5.84. The van der Waals surface area contributed by atoms with E-state index in [1.807, 2.05) is 17.1 Å². The van der Waals surface area contributed by atoms with Gasteiger partial charge in [-0.15, -0.1) is 0 Å². The lowest BCUT2D eigenvalue weighted by atomic mass is 10.2. The van der Waals surface area contributed by atoms with Crippen LogP contribution in [0.1, 0.15) is 39.9 Å². The maximum absolute atomic E-state index is 6.31. The average Bonchev–Trinajstić information content (AvgIpc) is 2.96. The second kappa shape index (κ2) is 6.11. The normalized spacial score (nSPS) is 11.4. The minimum Gasteiger partial charge on any atom is -0.383 e. The summed E-state index contributed by atoms with van der Waals surface area (Å²) in [5, 5.41) is 4.36. The number of imidazole rings is 1. The predicted octanol–water partition coefficient (Wildman–Crippen LogP) is 2.96. The van der Waals surface area contributed by atoms with Crippen molar-refractivity contribution in [3.63, 3.8) is 0 Å². The first-order valence-electron chi connectivity index (χ1n) is 7.44. The maximum Gasteiger partial charge on any atom is 0.131 e. The molecule has 2 rings (SSSR count). The number of nitrogen functional groups attached to an aromatic ring is 1. The van der Waals surface area contributed by atoms with Crippen molar-refractivity contribution in [2.45, 2.75) is 53.6 Å².